The second-order valence-electron chi connectivity index (χ2n) is 5.12. The summed E-state index contributed by atoms with van der Waals surface area (Å²) in [5.74, 6) is 1.49. The Morgan fingerprint density at radius 1 is 1.29 bits per heavy atom. The molecule has 3 nitrogen and oxygen atoms in total. The molecule has 100 valence electrons. The number of rotatable bonds is 7. The fourth-order valence-electron chi connectivity index (χ4n) is 2.17. The molecule has 1 heterocycles. The maximum Gasteiger partial charge on any atom is 0.226 e. The third-order valence-electron chi connectivity index (χ3n) is 3.57. The van der Waals surface area contributed by atoms with Crippen LogP contribution >= 0.6 is 11.8 Å². The standard InChI is InChI=1S/C13H26N2OS/c1-13(6-9-14-10-7-13)12(16)15-8-4-3-5-11-17-2/h14H,3-11H2,1-2H3,(H,15,16). The molecule has 17 heavy (non-hydrogen) atoms. The van der Waals surface area contributed by atoms with Crippen molar-refractivity contribution in [3.63, 3.8) is 0 Å². The van der Waals surface area contributed by atoms with Gasteiger partial charge in [-0.15, -0.1) is 0 Å². The highest BCUT2D eigenvalue weighted by Gasteiger charge is 2.33. The Morgan fingerprint density at radius 2 is 2.00 bits per heavy atom. The van der Waals surface area contributed by atoms with Crippen LogP contribution in [0, 0.1) is 5.41 Å². The minimum atomic E-state index is -0.134. The molecule has 0 unspecified atom stereocenters. The maximum atomic E-state index is 12.1. The number of carbonyl (C=O) groups is 1. The summed E-state index contributed by atoms with van der Waals surface area (Å²) >= 11 is 1.89. The highest BCUT2D eigenvalue weighted by molar-refractivity contribution is 7.98. The van der Waals surface area contributed by atoms with Crippen LogP contribution in [0.3, 0.4) is 0 Å². The zero-order chi connectivity index (χ0) is 12.6. The molecule has 0 saturated carbocycles. The van der Waals surface area contributed by atoms with Gasteiger partial charge in [0.25, 0.3) is 0 Å². The second kappa shape index (κ2) is 7.98. The van der Waals surface area contributed by atoms with Crippen LogP contribution in [0.15, 0.2) is 0 Å². The van der Waals surface area contributed by atoms with E-state index in [-0.39, 0.29) is 11.3 Å². The van der Waals surface area contributed by atoms with E-state index in [4.69, 9.17) is 0 Å². The molecule has 0 atom stereocenters. The molecule has 1 amide bonds. The first-order valence-corrected chi connectivity index (χ1v) is 8.06. The molecule has 1 rings (SSSR count). The number of carbonyl (C=O) groups excluding carboxylic acids is 1. The highest BCUT2D eigenvalue weighted by atomic mass is 32.2. The second-order valence-corrected chi connectivity index (χ2v) is 6.11. The molecule has 0 aromatic rings. The van der Waals surface area contributed by atoms with Crippen molar-refractivity contribution in [3.05, 3.63) is 0 Å². The molecule has 1 saturated heterocycles. The van der Waals surface area contributed by atoms with E-state index in [1.54, 1.807) is 0 Å². The van der Waals surface area contributed by atoms with Gasteiger partial charge in [0.05, 0.1) is 0 Å². The van der Waals surface area contributed by atoms with Crippen LogP contribution in [-0.2, 0) is 4.79 Å². The van der Waals surface area contributed by atoms with Crippen LogP contribution in [-0.4, -0.2) is 37.6 Å². The number of hydrogen-bond donors (Lipinski definition) is 2. The monoisotopic (exact) mass is 258 g/mol. The summed E-state index contributed by atoms with van der Waals surface area (Å²) in [6, 6.07) is 0. The first kappa shape index (κ1) is 14.8. The lowest BCUT2D eigenvalue weighted by Gasteiger charge is -2.32. The Balaban J connectivity index is 2.11. The van der Waals surface area contributed by atoms with E-state index in [9.17, 15) is 4.79 Å². The molecular formula is C13H26N2OS. The molecule has 0 bridgehead atoms. The van der Waals surface area contributed by atoms with Crippen molar-refractivity contribution in [3.8, 4) is 0 Å². The largest absolute Gasteiger partial charge is 0.356 e. The van der Waals surface area contributed by atoms with Crippen molar-refractivity contribution >= 4 is 17.7 Å². The van der Waals surface area contributed by atoms with Gasteiger partial charge in [-0.25, -0.2) is 0 Å². The van der Waals surface area contributed by atoms with Crippen molar-refractivity contribution < 1.29 is 4.79 Å². The average molecular weight is 258 g/mol. The maximum absolute atomic E-state index is 12.1. The lowest BCUT2D eigenvalue weighted by atomic mass is 9.80. The predicted octanol–water partition coefficient (Wildman–Crippen LogP) is 2.03. The molecule has 0 radical (unpaired) electrons. The molecule has 2 N–H and O–H groups in total. The normalized spacial score (nSPS) is 18.9. The number of amides is 1. The lowest BCUT2D eigenvalue weighted by molar-refractivity contribution is -0.131. The van der Waals surface area contributed by atoms with E-state index in [2.05, 4.69) is 23.8 Å². The Bertz CT molecular complexity index is 227. The summed E-state index contributed by atoms with van der Waals surface area (Å²) in [6.07, 6.45) is 7.66. The number of hydrogen-bond acceptors (Lipinski definition) is 3. The molecule has 1 fully saturated rings. The Labute approximate surface area is 109 Å². The fraction of sp³-hybridized carbons (Fsp3) is 0.923. The third kappa shape index (κ3) is 5.30. The Hall–Kier alpha value is -0.220. The van der Waals surface area contributed by atoms with Crippen molar-refractivity contribution in [1.82, 2.24) is 10.6 Å². The smallest absolute Gasteiger partial charge is 0.226 e. The van der Waals surface area contributed by atoms with Gasteiger partial charge >= 0.3 is 0 Å². The Kier molecular flexibility index (Phi) is 6.97. The van der Waals surface area contributed by atoms with Crippen molar-refractivity contribution in [2.75, 3.05) is 31.6 Å². The molecule has 0 aliphatic carbocycles. The first-order valence-electron chi connectivity index (χ1n) is 6.67. The van der Waals surface area contributed by atoms with Gasteiger partial charge in [-0.05, 0) is 50.8 Å². The highest BCUT2D eigenvalue weighted by Crippen LogP contribution is 2.27. The Morgan fingerprint density at radius 3 is 2.65 bits per heavy atom. The fourth-order valence-corrected chi connectivity index (χ4v) is 2.66. The van der Waals surface area contributed by atoms with Crippen LogP contribution in [0.25, 0.3) is 0 Å². The van der Waals surface area contributed by atoms with E-state index in [1.807, 2.05) is 11.8 Å². The third-order valence-corrected chi connectivity index (χ3v) is 4.26. The van der Waals surface area contributed by atoms with Gasteiger partial charge in [-0.3, -0.25) is 4.79 Å². The summed E-state index contributed by atoms with van der Waals surface area (Å²) in [5.41, 5.74) is -0.134. The van der Waals surface area contributed by atoms with Crippen LogP contribution in [0.4, 0.5) is 0 Å². The summed E-state index contributed by atoms with van der Waals surface area (Å²) in [6.45, 7) is 4.88. The van der Waals surface area contributed by atoms with Gasteiger partial charge in [-0.2, -0.15) is 11.8 Å². The van der Waals surface area contributed by atoms with Gasteiger partial charge in [0.2, 0.25) is 5.91 Å². The molecule has 1 aliphatic rings. The van der Waals surface area contributed by atoms with Crippen molar-refractivity contribution in [2.45, 2.75) is 39.0 Å². The minimum absolute atomic E-state index is 0.134. The lowest BCUT2D eigenvalue weighted by Crippen LogP contribution is -2.46. The molecular weight excluding hydrogens is 232 g/mol. The summed E-state index contributed by atoms with van der Waals surface area (Å²) in [4.78, 5) is 12.1. The quantitative estimate of drug-likeness (QED) is 0.687. The molecule has 0 aromatic carbocycles. The van der Waals surface area contributed by atoms with Crippen molar-refractivity contribution in [1.29, 1.82) is 0 Å². The molecule has 4 heteroatoms. The van der Waals surface area contributed by atoms with E-state index in [1.165, 1.54) is 18.6 Å². The van der Waals surface area contributed by atoms with E-state index in [0.29, 0.717) is 0 Å². The van der Waals surface area contributed by atoms with Gasteiger partial charge in [0, 0.05) is 12.0 Å². The minimum Gasteiger partial charge on any atom is -0.356 e. The predicted molar refractivity (Wildman–Crippen MR) is 75.5 cm³/mol. The number of piperidine rings is 1. The van der Waals surface area contributed by atoms with Crippen LogP contribution in [0.1, 0.15) is 39.0 Å². The van der Waals surface area contributed by atoms with Crippen molar-refractivity contribution in [2.24, 2.45) is 5.41 Å². The van der Waals surface area contributed by atoms with Gasteiger partial charge in [0.1, 0.15) is 0 Å². The number of thioether (sulfide) groups is 1. The number of unbranched alkanes of at least 4 members (excludes halogenated alkanes) is 2. The van der Waals surface area contributed by atoms with E-state index < -0.39 is 0 Å². The van der Waals surface area contributed by atoms with Gasteiger partial charge in [0.15, 0.2) is 0 Å². The molecule has 0 aromatic heterocycles. The van der Waals surface area contributed by atoms with E-state index >= 15 is 0 Å². The van der Waals surface area contributed by atoms with E-state index in [0.717, 1.165) is 38.9 Å². The SMILES string of the molecule is CSCCCCCNC(=O)C1(C)CCNCC1. The average Bonchev–Trinajstić information content (AvgIpc) is 2.34. The van der Waals surface area contributed by atoms with Crippen LogP contribution in [0.5, 0.6) is 0 Å². The number of nitrogens with one attached hydrogen (secondary N) is 2. The van der Waals surface area contributed by atoms with Gasteiger partial charge < -0.3 is 10.6 Å². The summed E-state index contributed by atoms with van der Waals surface area (Å²) < 4.78 is 0. The summed E-state index contributed by atoms with van der Waals surface area (Å²) in [5, 5.41) is 6.40. The summed E-state index contributed by atoms with van der Waals surface area (Å²) in [7, 11) is 0. The zero-order valence-corrected chi connectivity index (χ0v) is 12.0. The topological polar surface area (TPSA) is 41.1 Å². The molecule has 1 aliphatic heterocycles. The first-order chi connectivity index (χ1) is 8.19. The molecule has 0 spiro atoms. The zero-order valence-electron chi connectivity index (χ0n) is 11.2. The van der Waals surface area contributed by atoms with Gasteiger partial charge in [-0.1, -0.05) is 13.3 Å². The van der Waals surface area contributed by atoms with Crippen LogP contribution in [0.2, 0.25) is 0 Å². The van der Waals surface area contributed by atoms with Crippen LogP contribution < -0.4 is 10.6 Å².